The molecule has 1 amide bonds. The van der Waals surface area contributed by atoms with Gasteiger partial charge in [0.1, 0.15) is 12.2 Å². The smallest absolute Gasteiger partial charge is 0.326 e. The van der Waals surface area contributed by atoms with E-state index in [1.807, 2.05) is 12.1 Å². The minimum atomic E-state index is -0.503. The highest BCUT2D eigenvalue weighted by Crippen LogP contribution is 2.17. The number of benzene rings is 1. The summed E-state index contributed by atoms with van der Waals surface area (Å²) in [6.07, 6.45) is 0. The van der Waals surface area contributed by atoms with Crippen molar-refractivity contribution < 1.29 is 14.3 Å². The number of nitrogens with one attached hydrogen (secondary N) is 1. The number of pyridine rings is 1. The van der Waals surface area contributed by atoms with E-state index in [0.717, 1.165) is 5.39 Å². The van der Waals surface area contributed by atoms with E-state index >= 15 is 0 Å². The molecule has 0 aliphatic carbocycles. The lowest BCUT2D eigenvalue weighted by Gasteiger charge is -2.13. The van der Waals surface area contributed by atoms with Gasteiger partial charge in [0, 0.05) is 5.39 Å². The number of ether oxygens (including phenoxy) is 1. The second-order valence-corrected chi connectivity index (χ2v) is 6.19. The minimum absolute atomic E-state index is 0.126. The fourth-order valence-corrected chi connectivity index (χ4v) is 3.12. The van der Waals surface area contributed by atoms with Crippen molar-refractivity contribution in [2.45, 2.75) is 13.5 Å². The summed E-state index contributed by atoms with van der Waals surface area (Å²) in [6.45, 7) is 1.73. The number of carbonyl (C=O) groups is 2. The first-order valence-corrected chi connectivity index (χ1v) is 8.61. The third-order valence-electron chi connectivity index (χ3n) is 3.59. The molecule has 7 heteroatoms. The molecule has 0 unspecified atom stereocenters. The number of hydrogen-bond acceptors (Lipinski definition) is 5. The van der Waals surface area contributed by atoms with Crippen molar-refractivity contribution in [3.8, 4) is 0 Å². The molecule has 0 spiro atoms. The first kappa shape index (κ1) is 16.9. The van der Waals surface area contributed by atoms with Crippen LogP contribution in [0.1, 0.15) is 16.6 Å². The Morgan fingerprint density at radius 2 is 2.00 bits per heavy atom. The zero-order valence-corrected chi connectivity index (χ0v) is 14.3. The maximum Gasteiger partial charge on any atom is 0.326 e. The SMILES string of the molecule is CCOC(=O)Cn1c(=O)c(NC(=O)c2cccs2)cc2ccccc21. The van der Waals surface area contributed by atoms with Crippen LogP contribution in [-0.2, 0) is 16.1 Å². The zero-order valence-electron chi connectivity index (χ0n) is 13.5. The molecule has 3 rings (SSSR count). The molecule has 0 bridgehead atoms. The normalized spacial score (nSPS) is 10.6. The highest BCUT2D eigenvalue weighted by Gasteiger charge is 2.15. The van der Waals surface area contributed by atoms with Gasteiger partial charge in [-0.3, -0.25) is 19.0 Å². The number of esters is 1. The van der Waals surface area contributed by atoms with Crippen LogP contribution in [0.15, 0.2) is 52.6 Å². The van der Waals surface area contributed by atoms with Gasteiger partial charge in [0.15, 0.2) is 0 Å². The molecule has 2 heterocycles. The van der Waals surface area contributed by atoms with E-state index < -0.39 is 11.5 Å². The van der Waals surface area contributed by atoms with Crippen LogP contribution in [0.5, 0.6) is 0 Å². The fourth-order valence-electron chi connectivity index (χ4n) is 2.50. The van der Waals surface area contributed by atoms with Crippen LogP contribution >= 0.6 is 11.3 Å². The highest BCUT2D eigenvalue weighted by atomic mass is 32.1. The van der Waals surface area contributed by atoms with Crippen LogP contribution in [0.2, 0.25) is 0 Å². The van der Waals surface area contributed by atoms with Gasteiger partial charge >= 0.3 is 5.97 Å². The number of thiophene rings is 1. The zero-order chi connectivity index (χ0) is 17.8. The summed E-state index contributed by atoms with van der Waals surface area (Å²) in [5.74, 6) is -0.860. The number of nitrogens with zero attached hydrogens (tertiary/aromatic N) is 1. The van der Waals surface area contributed by atoms with Gasteiger partial charge in [-0.2, -0.15) is 0 Å². The summed E-state index contributed by atoms with van der Waals surface area (Å²) >= 11 is 1.29. The Balaban J connectivity index is 2.04. The number of hydrogen-bond donors (Lipinski definition) is 1. The van der Waals surface area contributed by atoms with Gasteiger partial charge in [0.2, 0.25) is 0 Å². The monoisotopic (exact) mass is 356 g/mol. The second-order valence-electron chi connectivity index (χ2n) is 5.24. The number of para-hydroxylation sites is 1. The number of aromatic nitrogens is 1. The molecule has 2 aromatic heterocycles. The highest BCUT2D eigenvalue weighted by molar-refractivity contribution is 7.12. The molecule has 25 heavy (non-hydrogen) atoms. The lowest BCUT2D eigenvalue weighted by molar-refractivity contribution is -0.143. The summed E-state index contributed by atoms with van der Waals surface area (Å²) in [4.78, 5) is 37.4. The maximum atomic E-state index is 12.8. The first-order chi connectivity index (χ1) is 12.1. The summed E-state index contributed by atoms with van der Waals surface area (Å²) < 4.78 is 6.26. The fraction of sp³-hybridized carbons (Fsp3) is 0.167. The Hall–Kier alpha value is -2.93. The van der Waals surface area contributed by atoms with E-state index in [1.54, 1.807) is 42.6 Å². The largest absolute Gasteiger partial charge is 0.465 e. The van der Waals surface area contributed by atoms with Gasteiger partial charge in [0.25, 0.3) is 11.5 Å². The molecule has 0 saturated carbocycles. The second kappa shape index (κ2) is 7.31. The van der Waals surface area contributed by atoms with E-state index in [1.165, 1.54) is 15.9 Å². The molecule has 0 aliphatic heterocycles. The summed E-state index contributed by atoms with van der Waals surface area (Å²) in [6, 6.07) is 12.2. The maximum absolute atomic E-state index is 12.8. The van der Waals surface area contributed by atoms with Gasteiger partial charge in [-0.15, -0.1) is 11.3 Å². The van der Waals surface area contributed by atoms with Crippen molar-refractivity contribution >= 4 is 39.8 Å². The summed E-state index contributed by atoms with van der Waals surface area (Å²) in [5, 5.41) is 5.17. The van der Waals surface area contributed by atoms with E-state index in [0.29, 0.717) is 10.4 Å². The lowest BCUT2D eigenvalue weighted by Crippen LogP contribution is -2.29. The van der Waals surface area contributed by atoms with Crippen molar-refractivity contribution in [3.63, 3.8) is 0 Å². The topological polar surface area (TPSA) is 77.4 Å². The molecule has 0 aliphatic rings. The van der Waals surface area contributed by atoms with Crippen molar-refractivity contribution in [3.05, 3.63) is 63.1 Å². The third-order valence-corrected chi connectivity index (χ3v) is 4.46. The number of amides is 1. The van der Waals surface area contributed by atoms with Gasteiger partial charge in [-0.05, 0) is 30.5 Å². The molecule has 0 atom stereocenters. The number of rotatable bonds is 5. The summed E-state index contributed by atoms with van der Waals surface area (Å²) in [5.41, 5.74) is 0.285. The van der Waals surface area contributed by atoms with E-state index in [4.69, 9.17) is 4.74 Å². The molecular weight excluding hydrogens is 340 g/mol. The number of anilines is 1. The molecule has 128 valence electrons. The van der Waals surface area contributed by atoms with Crippen molar-refractivity contribution in [1.29, 1.82) is 0 Å². The standard InChI is InChI=1S/C18H16N2O4S/c1-2-24-16(21)11-20-14-7-4-3-6-12(14)10-13(18(20)23)19-17(22)15-8-5-9-25-15/h3-10H,2,11H2,1H3,(H,19,22). The third kappa shape index (κ3) is 3.61. The minimum Gasteiger partial charge on any atom is -0.465 e. The van der Waals surface area contributed by atoms with E-state index in [2.05, 4.69) is 5.32 Å². The van der Waals surface area contributed by atoms with Crippen molar-refractivity contribution in [2.24, 2.45) is 0 Å². The van der Waals surface area contributed by atoms with Gasteiger partial charge < -0.3 is 10.1 Å². The molecule has 3 aromatic rings. The predicted octanol–water partition coefficient (Wildman–Crippen LogP) is 2.88. The molecule has 0 saturated heterocycles. The van der Waals surface area contributed by atoms with Crippen LogP contribution < -0.4 is 10.9 Å². The van der Waals surface area contributed by atoms with Crippen LogP contribution in [0, 0.1) is 0 Å². The molecule has 6 nitrogen and oxygen atoms in total. The Morgan fingerprint density at radius 3 is 2.72 bits per heavy atom. The molecule has 1 N–H and O–H groups in total. The van der Waals surface area contributed by atoms with Crippen LogP contribution in [-0.4, -0.2) is 23.1 Å². The van der Waals surface area contributed by atoms with Crippen LogP contribution in [0.3, 0.4) is 0 Å². The Kier molecular flexibility index (Phi) is 4.95. The van der Waals surface area contributed by atoms with E-state index in [-0.39, 0.29) is 24.7 Å². The van der Waals surface area contributed by atoms with Crippen LogP contribution in [0.4, 0.5) is 5.69 Å². The molecular formula is C18H16N2O4S. The summed E-state index contributed by atoms with van der Waals surface area (Å²) in [7, 11) is 0. The average Bonchev–Trinajstić information content (AvgIpc) is 3.13. The Labute approximate surface area is 147 Å². The number of fused-ring (bicyclic) bond motifs is 1. The average molecular weight is 356 g/mol. The predicted molar refractivity (Wildman–Crippen MR) is 97.1 cm³/mol. The Bertz CT molecular complexity index is 976. The number of carbonyl (C=O) groups excluding carboxylic acids is 2. The lowest BCUT2D eigenvalue weighted by atomic mass is 10.2. The first-order valence-electron chi connectivity index (χ1n) is 7.73. The molecule has 0 radical (unpaired) electrons. The van der Waals surface area contributed by atoms with Gasteiger partial charge in [-0.1, -0.05) is 24.3 Å². The van der Waals surface area contributed by atoms with Crippen molar-refractivity contribution in [2.75, 3.05) is 11.9 Å². The van der Waals surface area contributed by atoms with Crippen molar-refractivity contribution in [1.82, 2.24) is 4.57 Å². The quantitative estimate of drug-likeness (QED) is 0.713. The van der Waals surface area contributed by atoms with Gasteiger partial charge in [-0.25, -0.2) is 0 Å². The molecule has 0 fully saturated rings. The molecule has 1 aromatic carbocycles. The van der Waals surface area contributed by atoms with Gasteiger partial charge in [0.05, 0.1) is 17.0 Å². The Morgan fingerprint density at radius 1 is 1.20 bits per heavy atom. The van der Waals surface area contributed by atoms with Crippen LogP contribution in [0.25, 0.3) is 10.9 Å². The van der Waals surface area contributed by atoms with E-state index in [9.17, 15) is 14.4 Å².